The molecule has 0 atom stereocenters. The van der Waals surface area contributed by atoms with Gasteiger partial charge in [0.25, 0.3) is 0 Å². The summed E-state index contributed by atoms with van der Waals surface area (Å²) in [5.41, 5.74) is 2.83. The third kappa shape index (κ3) is 3.73. The number of carbonyl (C=O) groups excluding carboxylic acids is 1. The van der Waals surface area contributed by atoms with Crippen LogP contribution >= 0.6 is 23.2 Å². The number of anilines is 1. The SMILES string of the molecule is Cc1cc(N2CCN(C(=O)Cn3ncc4ccc(Cl)nc43)CC2)ccc1Cl. The molecular formula is C19H19Cl2N5O. The molecule has 0 spiro atoms. The molecule has 0 saturated carbocycles. The molecule has 0 unspecified atom stereocenters. The molecule has 1 amide bonds. The molecule has 3 heterocycles. The van der Waals surface area contributed by atoms with E-state index in [0.29, 0.717) is 23.9 Å². The van der Waals surface area contributed by atoms with Crippen molar-refractivity contribution in [2.24, 2.45) is 0 Å². The van der Waals surface area contributed by atoms with E-state index in [-0.39, 0.29) is 12.5 Å². The molecule has 140 valence electrons. The zero-order chi connectivity index (χ0) is 19.0. The van der Waals surface area contributed by atoms with E-state index in [2.05, 4.69) is 21.0 Å². The Morgan fingerprint density at radius 2 is 1.89 bits per heavy atom. The van der Waals surface area contributed by atoms with E-state index in [9.17, 15) is 4.79 Å². The molecular weight excluding hydrogens is 385 g/mol. The molecule has 1 aliphatic heterocycles. The molecule has 6 nitrogen and oxygen atoms in total. The van der Waals surface area contributed by atoms with Crippen molar-refractivity contribution in [3.63, 3.8) is 0 Å². The molecule has 1 aromatic carbocycles. The Morgan fingerprint density at radius 1 is 1.11 bits per heavy atom. The highest BCUT2D eigenvalue weighted by Crippen LogP contribution is 2.23. The van der Waals surface area contributed by atoms with Gasteiger partial charge in [0, 0.05) is 42.3 Å². The van der Waals surface area contributed by atoms with Crippen molar-refractivity contribution in [2.45, 2.75) is 13.5 Å². The minimum Gasteiger partial charge on any atom is -0.368 e. The zero-order valence-electron chi connectivity index (χ0n) is 14.9. The Labute approximate surface area is 167 Å². The van der Waals surface area contributed by atoms with Crippen molar-refractivity contribution >= 4 is 45.8 Å². The number of nitrogens with zero attached hydrogens (tertiary/aromatic N) is 5. The highest BCUT2D eigenvalue weighted by Gasteiger charge is 2.22. The van der Waals surface area contributed by atoms with E-state index in [1.165, 1.54) is 0 Å². The van der Waals surface area contributed by atoms with Crippen LogP contribution in [0.2, 0.25) is 10.2 Å². The van der Waals surface area contributed by atoms with Crippen LogP contribution in [0.25, 0.3) is 11.0 Å². The van der Waals surface area contributed by atoms with Gasteiger partial charge in [-0.3, -0.25) is 4.79 Å². The number of hydrogen-bond donors (Lipinski definition) is 0. The van der Waals surface area contributed by atoms with Crippen LogP contribution in [0.15, 0.2) is 36.5 Å². The molecule has 1 saturated heterocycles. The first-order valence-corrected chi connectivity index (χ1v) is 9.54. The van der Waals surface area contributed by atoms with Gasteiger partial charge in [-0.15, -0.1) is 0 Å². The van der Waals surface area contributed by atoms with Crippen LogP contribution in [-0.4, -0.2) is 51.8 Å². The van der Waals surface area contributed by atoms with E-state index in [4.69, 9.17) is 23.2 Å². The van der Waals surface area contributed by atoms with Crippen molar-refractivity contribution in [3.8, 4) is 0 Å². The average molecular weight is 404 g/mol. The van der Waals surface area contributed by atoms with Crippen LogP contribution in [-0.2, 0) is 11.3 Å². The zero-order valence-corrected chi connectivity index (χ0v) is 16.4. The smallest absolute Gasteiger partial charge is 0.244 e. The number of rotatable bonds is 3. The summed E-state index contributed by atoms with van der Waals surface area (Å²) >= 11 is 12.1. The van der Waals surface area contributed by atoms with Gasteiger partial charge in [-0.2, -0.15) is 5.10 Å². The highest BCUT2D eigenvalue weighted by atomic mass is 35.5. The number of aryl methyl sites for hydroxylation is 1. The Bertz CT molecular complexity index is 995. The minimum absolute atomic E-state index is 0.0358. The number of amides is 1. The van der Waals surface area contributed by atoms with Gasteiger partial charge < -0.3 is 9.80 Å². The Morgan fingerprint density at radius 3 is 2.63 bits per heavy atom. The average Bonchev–Trinajstić information content (AvgIpc) is 3.06. The molecule has 2 aromatic heterocycles. The number of pyridine rings is 1. The summed E-state index contributed by atoms with van der Waals surface area (Å²) in [6, 6.07) is 9.61. The lowest BCUT2D eigenvalue weighted by molar-refractivity contribution is -0.132. The lowest BCUT2D eigenvalue weighted by atomic mass is 10.2. The molecule has 0 aliphatic carbocycles. The van der Waals surface area contributed by atoms with E-state index in [1.807, 2.05) is 30.0 Å². The highest BCUT2D eigenvalue weighted by molar-refractivity contribution is 6.31. The second kappa shape index (κ2) is 7.37. The van der Waals surface area contributed by atoms with Gasteiger partial charge in [0.1, 0.15) is 11.7 Å². The number of halogens is 2. The minimum atomic E-state index is 0.0358. The van der Waals surface area contributed by atoms with E-state index < -0.39 is 0 Å². The summed E-state index contributed by atoms with van der Waals surface area (Å²) in [6.45, 7) is 5.09. The van der Waals surface area contributed by atoms with Gasteiger partial charge in [-0.1, -0.05) is 23.2 Å². The van der Waals surface area contributed by atoms with Crippen LogP contribution in [0.1, 0.15) is 5.56 Å². The summed E-state index contributed by atoms with van der Waals surface area (Å²) in [6.07, 6.45) is 1.70. The van der Waals surface area contributed by atoms with Gasteiger partial charge in [-0.25, -0.2) is 9.67 Å². The van der Waals surface area contributed by atoms with Crippen LogP contribution in [0.3, 0.4) is 0 Å². The third-order valence-corrected chi connectivity index (χ3v) is 5.51. The molecule has 1 fully saturated rings. The quantitative estimate of drug-likeness (QED) is 0.628. The number of fused-ring (bicyclic) bond motifs is 1. The second-order valence-corrected chi connectivity index (χ2v) is 7.44. The normalized spacial score (nSPS) is 14.8. The van der Waals surface area contributed by atoms with Gasteiger partial charge in [0.2, 0.25) is 5.91 Å². The number of hydrogen-bond acceptors (Lipinski definition) is 4. The molecule has 1 aliphatic rings. The molecule has 8 heteroatoms. The summed E-state index contributed by atoms with van der Waals surface area (Å²) in [4.78, 5) is 21.1. The maximum absolute atomic E-state index is 12.7. The van der Waals surface area contributed by atoms with Crippen molar-refractivity contribution in [1.29, 1.82) is 0 Å². The molecule has 3 aromatic rings. The number of aromatic nitrogens is 3. The van der Waals surface area contributed by atoms with Gasteiger partial charge in [0.05, 0.1) is 6.20 Å². The number of carbonyl (C=O) groups is 1. The fourth-order valence-electron chi connectivity index (χ4n) is 3.31. The summed E-state index contributed by atoms with van der Waals surface area (Å²) in [5, 5.41) is 6.31. The lowest BCUT2D eigenvalue weighted by Crippen LogP contribution is -2.49. The van der Waals surface area contributed by atoms with Crippen LogP contribution < -0.4 is 4.90 Å². The topological polar surface area (TPSA) is 54.3 Å². The summed E-state index contributed by atoms with van der Waals surface area (Å²) in [5.74, 6) is 0.0358. The molecule has 4 rings (SSSR count). The lowest BCUT2D eigenvalue weighted by Gasteiger charge is -2.36. The first kappa shape index (κ1) is 18.1. The van der Waals surface area contributed by atoms with Gasteiger partial charge in [-0.05, 0) is 42.8 Å². The predicted octanol–water partition coefficient (Wildman–Crippen LogP) is 3.40. The maximum atomic E-state index is 12.7. The van der Waals surface area contributed by atoms with E-state index in [0.717, 1.165) is 34.7 Å². The first-order chi connectivity index (χ1) is 13.0. The fraction of sp³-hybridized carbons (Fsp3) is 0.316. The number of piperazine rings is 1. The van der Waals surface area contributed by atoms with Crippen LogP contribution in [0.4, 0.5) is 5.69 Å². The van der Waals surface area contributed by atoms with Crippen molar-refractivity contribution in [3.05, 3.63) is 52.3 Å². The van der Waals surface area contributed by atoms with Crippen molar-refractivity contribution in [1.82, 2.24) is 19.7 Å². The van der Waals surface area contributed by atoms with Crippen molar-refractivity contribution < 1.29 is 4.79 Å². The maximum Gasteiger partial charge on any atom is 0.244 e. The molecule has 0 bridgehead atoms. The van der Waals surface area contributed by atoms with Gasteiger partial charge >= 0.3 is 0 Å². The summed E-state index contributed by atoms with van der Waals surface area (Å²) in [7, 11) is 0. The molecule has 0 radical (unpaired) electrons. The van der Waals surface area contributed by atoms with Crippen LogP contribution in [0.5, 0.6) is 0 Å². The molecule has 0 N–H and O–H groups in total. The summed E-state index contributed by atoms with van der Waals surface area (Å²) < 4.78 is 1.61. The fourth-order valence-corrected chi connectivity index (χ4v) is 3.57. The standard InChI is InChI=1S/C19H19Cl2N5O/c1-13-10-15(3-4-16(13)20)24-6-8-25(9-7-24)18(27)12-26-19-14(11-22-26)2-5-17(21)23-19/h2-5,10-11H,6-9,12H2,1H3. The largest absolute Gasteiger partial charge is 0.368 e. The van der Waals surface area contributed by atoms with Crippen LogP contribution in [0, 0.1) is 6.92 Å². The van der Waals surface area contributed by atoms with Crippen molar-refractivity contribution in [2.75, 3.05) is 31.1 Å². The predicted molar refractivity (Wildman–Crippen MR) is 108 cm³/mol. The van der Waals surface area contributed by atoms with Gasteiger partial charge in [0.15, 0.2) is 5.65 Å². The Balaban J connectivity index is 1.41. The Kier molecular flexibility index (Phi) is 4.93. The molecule has 27 heavy (non-hydrogen) atoms. The Hall–Kier alpha value is -2.31. The second-order valence-electron chi connectivity index (χ2n) is 6.65. The number of benzene rings is 1. The monoisotopic (exact) mass is 403 g/mol. The first-order valence-electron chi connectivity index (χ1n) is 8.78. The van der Waals surface area contributed by atoms with E-state index >= 15 is 0 Å². The third-order valence-electron chi connectivity index (χ3n) is 4.88. The van der Waals surface area contributed by atoms with E-state index in [1.54, 1.807) is 16.9 Å².